The van der Waals surface area contributed by atoms with Gasteiger partial charge in [0.25, 0.3) is 0 Å². The second-order valence-corrected chi connectivity index (χ2v) is 14.7. The molecule has 3 aliphatic rings. The van der Waals surface area contributed by atoms with Crippen LogP contribution in [0.5, 0.6) is 11.8 Å². The number of hydrogen-bond donors (Lipinski definition) is 2. The quantitative estimate of drug-likeness (QED) is 0.0819. The lowest BCUT2D eigenvalue weighted by Gasteiger charge is -2.31. The summed E-state index contributed by atoms with van der Waals surface area (Å²) in [6.07, 6.45) is 11.5. The first-order valence-corrected chi connectivity index (χ1v) is 19.4. The molecule has 10 nitrogen and oxygen atoms in total. The van der Waals surface area contributed by atoms with Crippen LogP contribution in [-0.2, 0) is 12.6 Å². The van der Waals surface area contributed by atoms with E-state index in [2.05, 4.69) is 43.3 Å². The van der Waals surface area contributed by atoms with E-state index in [1.54, 1.807) is 12.1 Å². The van der Waals surface area contributed by atoms with Crippen LogP contribution in [0.15, 0.2) is 42.6 Å². The third kappa shape index (κ3) is 8.43. The summed E-state index contributed by atoms with van der Waals surface area (Å²) in [5.74, 6) is 1.95. The average Bonchev–Trinajstić information content (AvgIpc) is 3.79. The van der Waals surface area contributed by atoms with E-state index in [1.807, 2.05) is 12.1 Å². The molecule has 300 valence electrons. The lowest BCUT2D eigenvalue weighted by Crippen LogP contribution is -2.43. The van der Waals surface area contributed by atoms with E-state index in [1.165, 1.54) is 13.2 Å². The van der Waals surface area contributed by atoms with Gasteiger partial charge in [-0.2, -0.15) is 28.2 Å². The Labute approximate surface area is 328 Å². The number of aryl methyl sites for hydroxylation is 1. The van der Waals surface area contributed by atoms with Crippen LogP contribution in [0, 0.1) is 24.0 Å². The van der Waals surface area contributed by atoms with Gasteiger partial charge in [-0.25, -0.2) is 13.8 Å². The normalized spacial score (nSPS) is 17.5. The van der Waals surface area contributed by atoms with Gasteiger partial charge in [0.15, 0.2) is 11.5 Å². The fourth-order valence-corrected chi connectivity index (χ4v) is 8.22. The molecule has 0 radical (unpaired) electrons. The van der Waals surface area contributed by atoms with Crippen LogP contribution < -0.4 is 20.1 Å². The Hall–Kier alpha value is -5.20. The lowest BCUT2D eigenvalue weighted by atomic mass is 9.95. The Morgan fingerprint density at radius 3 is 2.60 bits per heavy atom. The maximum atomic E-state index is 16.9. The highest BCUT2D eigenvalue weighted by molar-refractivity contribution is 6.02. The van der Waals surface area contributed by atoms with Crippen LogP contribution in [0.3, 0.4) is 0 Å². The molecule has 15 heteroatoms. The SMILES string of the molecule is C#Cc1c(F)ccc2cccc(-c3nc4c5c(nc(OCC67CCCN6CCC7)nc5c3F)NC(CNCCCC)CCC4)c12.COc1cnnc(C(F)(F)F)c1. The average molecular weight is 789 g/mol. The van der Waals surface area contributed by atoms with Crippen molar-refractivity contribution in [2.45, 2.75) is 82.5 Å². The molecule has 8 rings (SSSR count). The minimum atomic E-state index is -4.47. The molecule has 2 fully saturated rings. The zero-order valence-corrected chi connectivity index (χ0v) is 32.0. The second kappa shape index (κ2) is 17.1. The van der Waals surface area contributed by atoms with E-state index in [0.29, 0.717) is 40.9 Å². The van der Waals surface area contributed by atoms with Crippen molar-refractivity contribution in [1.29, 1.82) is 0 Å². The van der Waals surface area contributed by atoms with Gasteiger partial charge in [0, 0.05) is 29.6 Å². The number of aromatic nitrogens is 5. The van der Waals surface area contributed by atoms with Gasteiger partial charge in [-0.1, -0.05) is 43.5 Å². The van der Waals surface area contributed by atoms with Crippen LogP contribution >= 0.6 is 0 Å². The molecule has 2 N–H and O–H groups in total. The number of halogens is 5. The van der Waals surface area contributed by atoms with Crippen molar-refractivity contribution >= 4 is 27.5 Å². The van der Waals surface area contributed by atoms with Crippen LogP contribution in [0.1, 0.15) is 75.2 Å². The van der Waals surface area contributed by atoms with E-state index in [9.17, 15) is 17.6 Å². The summed E-state index contributed by atoms with van der Waals surface area (Å²) in [4.78, 5) is 17.0. The zero-order chi connectivity index (χ0) is 40.2. The Morgan fingerprint density at radius 1 is 1.05 bits per heavy atom. The van der Waals surface area contributed by atoms with Crippen LogP contribution in [-0.4, -0.2) is 81.5 Å². The van der Waals surface area contributed by atoms with Crippen molar-refractivity contribution in [2.24, 2.45) is 0 Å². The summed E-state index contributed by atoms with van der Waals surface area (Å²) in [6.45, 7) is 6.54. The topological polar surface area (TPSA) is 110 Å². The highest BCUT2D eigenvalue weighted by Gasteiger charge is 2.45. The van der Waals surface area contributed by atoms with E-state index < -0.39 is 23.5 Å². The maximum absolute atomic E-state index is 16.9. The van der Waals surface area contributed by atoms with Crippen molar-refractivity contribution in [3.8, 4) is 35.4 Å². The molecule has 5 aromatic rings. The number of anilines is 1. The summed E-state index contributed by atoms with van der Waals surface area (Å²) >= 11 is 0. The molecule has 0 spiro atoms. The number of fused-ring (bicyclic) bond motifs is 2. The first kappa shape index (κ1) is 40.0. The molecule has 3 aliphatic heterocycles. The summed E-state index contributed by atoms with van der Waals surface area (Å²) in [5.41, 5.74) is 0.450. The number of nitrogens with zero attached hydrogens (tertiary/aromatic N) is 6. The van der Waals surface area contributed by atoms with Crippen LogP contribution in [0.25, 0.3) is 32.9 Å². The van der Waals surface area contributed by atoms with Gasteiger partial charge in [0.2, 0.25) is 0 Å². The number of nitrogens with one attached hydrogen (secondary N) is 2. The van der Waals surface area contributed by atoms with Gasteiger partial charge >= 0.3 is 12.2 Å². The summed E-state index contributed by atoms with van der Waals surface area (Å²) in [7, 11) is 1.26. The van der Waals surface area contributed by atoms with Crippen molar-refractivity contribution < 1.29 is 31.4 Å². The van der Waals surface area contributed by atoms with E-state index >= 15 is 4.39 Å². The fourth-order valence-electron chi connectivity index (χ4n) is 8.22. The molecule has 0 bridgehead atoms. The van der Waals surface area contributed by atoms with Crippen LogP contribution in [0.2, 0.25) is 0 Å². The number of terminal acetylenes is 1. The Bertz CT molecular complexity index is 2270. The number of pyridine rings is 1. The molecule has 0 aliphatic carbocycles. The number of rotatable bonds is 10. The number of benzene rings is 2. The molecule has 0 saturated carbocycles. The monoisotopic (exact) mass is 788 g/mol. The van der Waals surface area contributed by atoms with Gasteiger partial charge in [-0.3, -0.25) is 4.90 Å². The smallest absolute Gasteiger partial charge is 0.435 e. The van der Waals surface area contributed by atoms with Crippen molar-refractivity contribution in [2.75, 3.05) is 45.2 Å². The number of unbranched alkanes of at least 4 members (excludes halogenated alkanes) is 1. The molecule has 57 heavy (non-hydrogen) atoms. The molecule has 2 saturated heterocycles. The minimum absolute atomic E-state index is 0.00512. The third-order valence-electron chi connectivity index (χ3n) is 11.1. The molecule has 0 amide bonds. The number of alkyl halides is 3. The molecule has 2 aromatic carbocycles. The van der Waals surface area contributed by atoms with Gasteiger partial charge in [-0.05, 0) is 82.5 Å². The molecule has 1 atom stereocenters. The van der Waals surface area contributed by atoms with E-state index in [0.717, 1.165) is 95.2 Å². The van der Waals surface area contributed by atoms with E-state index in [4.69, 9.17) is 26.1 Å². The predicted molar refractivity (Wildman–Crippen MR) is 208 cm³/mol. The highest BCUT2D eigenvalue weighted by Crippen LogP contribution is 2.41. The van der Waals surface area contributed by atoms with Gasteiger partial charge in [0.05, 0.1) is 35.5 Å². The fraction of sp³-hybridized carbons (Fsp3) is 0.452. The van der Waals surface area contributed by atoms with Gasteiger partial charge < -0.3 is 20.1 Å². The third-order valence-corrected chi connectivity index (χ3v) is 11.1. The van der Waals surface area contributed by atoms with Gasteiger partial charge in [-0.15, -0.1) is 11.5 Å². The van der Waals surface area contributed by atoms with E-state index in [-0.39, 0.29) is 40.1 Å². The largest absolute Gasteiger partial charge is 0.495 e. The molecular weight excluding hydrogens is 744 g/mol. The summed E-state index contributed by atoms with van der Waals surface area (Å²) < 4.78 is 78.5. The minimum Gasteiger partial charge on any atom is -0.495 e. The number of hydrogen-bond acceptors (Lipinski definition) is 10. The Morgan fingerprint density at radius 2 is 1.86 bits per heavy atom. The van der Waals surface area contributed by atoms with Crippen molar-refractivity contribution in [3.05, 3.63) is 71.2 Å². The Kier molecular flexibility index (Phi) is 12.0. The summed E-state index contributed by atoms with van der Waals surface area (Å²) in [6, 6.07) is 9.47. The predicted octanol–water partition coefficient (Wildman–Crippen LogP) is 8.12. The first-order valence-electron chi connectivity index (χ1n) is 19.4. The zero-order valence-electron chi connectivity index (χ0n) is 32.0. The summed E-state index contributed by atoms with van der Waals surface area (Å²) in [5, 5.41) is 15.0. The van der Waals surface area contributed by atoms with Crippen molar-refractivity contribution in [3.63, 3.8) is 0 Å². The lowest BCUT2D eigenvalue weighted by molar-refractivity contribution is -0.141. The standard InChI is InChI=1S/C36H40F2N6O.C6H5F3N2O/c1-3-5-18-39-21-24-11-7-13-28-30-33(42-35(43-34(30)40-24)45-22-36-16-8-19-44(36)20-9-17-36)31(38)32(41-28)26-12-6-10-23-14-15-27(37)25(4-2)29(23)26;1-12-4-2-5(6(7,8)9)11-10-3-4/h2,6,10,12,14-15,24,39H,3,5,7-9,11,13,16-22H2,1H3,(H,40,42,43);2-3H,1H3. The number of methoxy groups -OCH3 is 1. The highest BCUT2D eigenvalue weighted by atomic mass is 19.4. The molecule has 3 aromatic heterocycles. The number of ether oxygens (including phenoxy) is 2. The second-order valence-electron chi connectivity index (χ2n) is 14.7. The Balaban J connectivity index is 0.000000356. The first-order chi connectivity index (χ1) is 27.5. The van der Waals surface area contributed by atoms with Crippen molar-refractivity contribution in [1.82, 2.24) is 35.4 Å². The maximum Gasteiger partial charge on any atom is 0.435 e. The van der Waals surface area contributed by atoms with Crippen LogP contribution in [0.4, 0.5) is 27.8 Å². The van der Waals surface area contributed by atoms with Gasteiger partial charge in [0.1, 0.15) is 35.2 Å². The molecular formula is C42H45F5N8O2. The molecule has 1 unspecified atom stereocenters. The molecule has 6 heterocycles.